The molecule has 0 fully saturated rings. The first-order valence-electron chi connectivity index (χ1n) is 3.71. The molecule has 16 heavy (non-hydrogen) atoms. The molecule has 2 nitrogen and oxygen atoms in total. The van der Waals surface area contributed by atoms with E-state index in [0.717, 1.165) is 6.07 Å². The summed E-state index contributed by atoms with van der Waals surface area (Å²) in [4.78, 5) is 2.96. The molecule has 0 saturated carbocycles. The third-order valence-electron chi connectivity index (χ3n) is 1.65. The monoisotopic (exact) mass is 240 g/mol. The van der Waals surface area contributed by atoms with Crippen molar-refractivity contribution in [2.75, 3.05) is 0 Å². The molecule has 1 heterocycles. The molecule has 0 radical (unpaired) electrons. The van der Waals surface area contributed by atoms with Gasteiger partial charge in [0.25, 0.3) is 0 Å². The van der Waals surface area contributed by atoms with E-state index in [4.69, 9.17) is 5.26 Å². The van der Waals surface area contributed by atoms with Crippen LogP contribution in [0.15, 0.2) is 12.3 Å². The van der Waals surface area contributed by atoms with Crippen molar-refractivity contribution in [2.45, 2.75) is 12.4 Å². The molecule has 1 aromatic heterocycles. The topological polar surface area (TPSA) is 36.7 Å². The highest BCUT2D eigenvalue weighted by Crippen LogP contribution is 2.41. The Morgan fingerprint density at radius 3 is 2.00 bits per heavy atom. The maximum atomic E-state index is 12.3. The van der Waals surface area contributed by atoms with E-state index in [1.54, 1.807) is 0 Å². The van der Waals surface area contributed by atoms with E-state index in [1.807, 2.05) is 0 Å². The summed E-state index contributed by atoms with van der Waals surface area (Å²) < 4.78 is 73.8. The second kappa shape index (κ2) is 3.66. The predicted octanol–water partition coefficient (Wildman–Crippen LogP) is 2.99. The van der Waals surface area contributed by atoms with Crippen LogP contribution in [-0.4, -0.2) is 4.98 Å². The standard InChI is InChI=1S/C8H2F6N2/c9-7(10,11)4-1-2-16-5(3-15)6(4)8(12,13)14/h1-2H. The SMILES string of the molecule is N#Cc1nccc(C(F)(F)F)c1C(F)(F)F. The molecular formula is C8H2F6N2. The number of halogens is 6. The average molecular weight is 240 g/mol. The zero-order valence-corrected chi connectivity index (χ0v) is 7.32. The van der Waals surface area contributed by atoms with Crippen molar-refractivity contribution >= 4 is 0 Å². The van der Waals surface area contributed by atoms with Crippen molar-refractivity contribution < 1.29 is 26.3 Å². The van der Waals surface area contributed by atoms with Gasteiger partial charge in [-0.15, -0.1) is 0 Å². The van der Waals surface area contributed by atoms with Gasteiger partial charge in [0, 0.05) is 6.20 Å². The van der Waals surface area contributed by atoms with Gasteiger partial charge in [-0.2, -0.15) is 31.6 Å². The first-order chi connectivity index (χ1) is 7.18. The van der Waals surface area contributed by atoms with Crippen molar-refractivity contribution in [1.29, 1.82) is 5.26 Å². The molecular weight excluding hydrogens is 238 g/mol. The van der Waals surface area contributed by atoms with E-state index < -0.39 is 29.2 Å². The van der Waals surface area contributed by atoms with Crippen molar-refractivity contribution in [3.05, 3.63) is 29.1 Å². The minimum atomic E-state index is -5.27. The minimum Gasteiger partial charge on any atom is -0.245 e. The zero-order chi connectivity index (χ0) is 12.6. The van der Waals surface area contributed by atoms with E-state index >= 15 is 0 Å². The van der Waals surface area contributed by atoms with Gasteiger partial charge in [0.05, 0.1) is 5.56 Å². The summed E-state index contributed by atoms with van der Waals surface area (Å²) in [6.07, 6.45) is -9.94. The molecule has 0 bridgehead atoms. The lowest BCUT2D eigenvalue weighted by Gasteiger charge is -2.15. The average Bonchev–Trinajstić information content (AvgIpc) is 2.13. The van der Waals surface area contributed by atoms with Crippen LogP contribution >= 0.6 is 0 Å². The van der Waals surface area contributed by atoms with E-state index in [-0.39, 0.29) is 6.07 Å². The zero-order valence-electron chi connectivity index (χ0n) is 7.32. The summed E-state index contributed by atoms with van der Waals surface area (Å²) in [5, 5.41) is 8.29. The molecule has 0 saturated heterocycles. The Hall–Kier alpha value is -1.78. The summed E-state index contributed by atoms with van der Waals surface area (Å²) in [7, 11) is 0. The van der Waals surface area contributed by atoms with E-state index in [9.17, 15) is 26.3 Å². The van der Waals surface area contributed by atoms with Crippen LogP contribution in [0.1, 0.15) is 16.8 Å². The molecule has 8 heteroatoms. The molecule has 0 amide bonds. The second-order valence-electron chi connectivity index (χ2n) is 2.69. The molecule has 0 N–H and O–H groups in total. The lowest BCUT2D eigenvalue weighted by Crippen LogP contribution is -2.19. The predicted molar refractivity (Wildman–Crippen MR) is 39.0 cm³/mol. The molecule has 0 aliphatic heterocycles. The summed E-state index contributed by atoms with van der Waals surface area (Å²) in [5.41, 5.74) is -5.25. The number of aromatic nitrogens is 1. The minimum absolute atomic E-state index is 0.184. The van der Waals surface area contributed by atoms with Gasteiger partial charge in [-0.1, -0.05) is 0 Å². The molecule has 0 aliphatic carbocycles. The normalized spacial score (nSPS) is 12.3. The van der Waals surface area contributed by atoms with Crippen LogP contribution in [0.25, 0.3) is 0 Å². The van der Waals surface area contributed by atoms with E-state index in [2.05, 4.69) is 4.98 Å². The van der Waals surface area contributed by atoms with Gasteiger partial charge in [0.1, 0.15) is 11.6 Å². The van der Waals surface area contributed by atoms with Gasteiger partial charge in [-0.3, -0.25) is 0 Å². The number of nitrogens with zero attached hydrogens (tertiary/aromatic N) is 2. The number of hydrogen-bond donors (Lipinski definition) is 0. The maximum Gasteiger partial charge on any atom is 0.419 e. The van der Waals surface area contributed by atoms with Crippen LogP contribution in [0, 0.1) is 11.3 Å². The largest absolute Gasteiger partial charge is 0.419 e. The van der Waals surface area contributed by atoms with Gasteiger partial charge < -0.3 is 0 Å². The van der Waals surface area contributed by atoms with Crippen molar-refractivity contribution in [1.82, 2.24) is 4.98 Å². The Balaban J connectivity index is 3.59. The molecule has 0 atom stereocenters. The Morgan fingerprint density at radius 1 is 1.06 bits per heavy atom. The fourth-order valence-electron chi connectivity index (χ4n) is 1.07. The number of alkyl halides is 6. The fraction of sp³-hybridized carbons (Fsp3) is 0.250. The van der Waals surface area contributed by atoms with Gasteiger partial charge in [-0.25, -0.2) is 4.98 Å². The number of pyridine rings is 1. The third kappa shape index (κ3) is 2.24. The smallest absolute Gasteiger partial charge is 0.245 e. The van der Waals surface area contributed by atoms with Crippen LogP contribution in [0.2, 0.25) is 0 Å². The molecule has 0 unspecified atom stereocenters. The quantitative estimate of drug-likeness (QED) is 0.653. The van der Waals surface area contributed by atoms with Crippen LogP contribution < -0.4 is 0 Å². The van der Waals surface area contributed by atoms with E-state index in [0.29, 0.717) is 6.20 Å². The highest BCUT2D eigenvalue weighted by Gasteiger charge is 2.45. The molecule has 1 rings (SSSR count). The highest BCUT2D eigenvalue weighted by atomic mass is 19.4. The van der Waals surface area contributed by atoms with Gasteiger partial charge in [-0.05, 0) is 6.07 Å². The van der Waals surface area contributed by atoms with Gasteiger partial charge >= 0.3 is 12.4 Å². The van der Waals surface area contributed by atoms with Gasteiger partial charge in [0.15, 0.2) is 5.69 Å². The van der Waals surface area contributed by atoms with Crippen LogP contribution in [-0.2, 0) is 12.4 Å². The Kier molecular flexibility index (Phi) is 2.81. The summed E-state index contributed by atoms with van der Waals surface area (Å²) in [6, 6.07) is 1.17. The Morgan fingerprint density at radius 2 is 1.62 bits per heavy atom. The highest BCUT2D eigenvalue weighted by molar-refractivity contribution is 5.41. The van der Waals surface area contributed by atoms with E-state index in [1.165, 1.54) is 0 Å². The number of nitriles is 1. The van der Waals surface area contributed by atoms with Crippen LogP contribution in [0.4, 0.5) is 26.3 Å². The van der Waals surface area contributed by atoms with Crippen molar-refractivity contribution in [2.24, 2.45) is 0 Å². The van der Waals surface area contributed by atoms with Crippen molar-refractivity contribution in [3.8, 4) is 6.07 Å². The Labute approximate surface area is 85.1 Å². The first-order valence-corrected chi connectivity index (χ1v) is 3.71. The first kappa shape index (κ1) is 12.3. The molecule has 0 spiro atoms. The molecule has 86 valence electrons. The molecule has 0 aliphatic rings. The lowest BCUT2D eigenvalue weighted by molar-refractivity contribution is -0.162. The van der Waals surface area contributed by atoms with Gasteiger partial charge in [0.2, 0.25) is 0 Å². The summed E-state index contributed by atoms with van der Waals surface area (Å²) >= 11 is 0. The fourth-order valence-corrected chi connectivity index (χ4v) is 1.07. The number of rotatable bonds is 0. The van der Waals surface area contributed by atoms with Crippen molar-refractivity contribution in [3.63, 3.8) is 0 Å². The number of hydrogen-bond acceptors (Lipinski definition) is 2. The van der Waals surface area contributed by atoms with Crippen LogP contribution in [0.3, 0.4) is 0 Å². The lowest BCUT2D eigenvalue weighted by atomic mass is 10.1. The molecule has 1 aromatic rings. The third-order valence-corrected chi connectivity index (χ3v) is 1.65. The summed E-state index contributed by atoms with van der Waals surface area (Å²) in [5.74, 6) is 0. The van der Waals surface area contributed by atoms with Crippen LogP contribution in [0.5, 0.6) is 0 Å². The maximum absolute atomic E-state index is 12.3. The molecule has 0 aromatic carbocycles. The summed E-state index contributed by atoms with van der Waals surface area (Å²) in [6.45, 7) is 0. The second-order valence-corrected chi connectivity index (χ2v) is 2.69. The Bertz CT molecular complexity index is 439.